The lowest BCUT2D eigenvalue weighted by molar-refractivity contribution is -0.119. The van der Waals surface area contributed by atoms with Gasteiger partial charge < -0.3 is 14.5 Å². The number of amides is 1. The number of anilines is 1. The van der Waals surface area contributed by atoms with Gasteiger partial charge in [0.15, 0.2) is 9.84 Å². The summed E-state index contributed by atoms with van der Waals surface area (Å²) < 4.78 is 25.4. The Labute approximate surface area is 193 Å². The van der Waals surface area contributed by atoms with Gasteiger partial charge in [-0.3, -0.25) is 9.59 Å². The van der Waals surface area contributed by atoms with Crippen LogP contribution in [-0.4, -0.2) is 30.1 Å². The minimum Gasteiger partial charge on any atom is -0.356 e. The number of aromatic amines is 1. The number of H-pyrrole nitrogens is 1. The molecule has 1 aliphatic heterocycles. The highest BCUT2D eigenvalue weighted by Crippen LogP contribution is 2.41. The van der Waals surface area contributed by atoms with E-state index in [-0.39, 0.29) is 17.2 Å². The molecule has 33 heavy (non-hydrogen) atoms. The van der Waals surface area contributed by atoms with Crippen LogP contribution in [0.3, 0.4) is 0 Å². The number of aromatic nitrogens is 2. The van der Waals surface area contributed by atoms with Crippen LogP contribution in [0.5, 0.6) is 0 Å². The number of sulfone groups is 1. The van der Waals surface area contributed by atoms with Gasteiger partial charge in [-0.1, -0.05) is 31.7 Å². The van der Waals surface area contributed by atoms with E-state index in [1.54, 1.807) is 19.3 Å². The number of nitrogens with zero attached hydrogens (tertiary/aromatic N) is 2. The maximum absolute atomic E-state index is 13.5. The molecule has 0 unspecified atom stereocenters. The van der Waals surface area contributed by atoms with E-state index in [0.717, 1.165) is 34.2 Å². The van der Waals surface area contributed by atoms with E-state index in [0.29, 0.717) is 30.0 Å². The van der Waals surface area contributed by atoms with Crippen LogP contribution in [0, 0.1) is 5.92 Å². The Kier molecular flexibility index (Phi) is 5.43. The van der Waals surface area contributed by atoms with Gasteiger partial charge in [-0.25, -0.2) is 8.42 Å². The largest absolute Gasteiger partial charge is 0.356 e. The fourth-order valence-corrected chi connectivity index (χ4v) is 6.21. The second-order valence-corrected chi connectivity index (χ2v) is 11.8. The highest BCUT2D eigenvalue weighted by atomic mass is 32.2. The quantitative estimate of drug-likeness (QED) is 0.616. The number of hydrogen-bond donors (Lipinski definition) is 1. The summed E-state index contributed by atoms with van der Waals surface area (Å²) in [7, 11) is -1.52. The minimum atomic E-state index is -3.22. The number of carbonyl (C=O) groups is 1. The second-order valence-electron chi connectivity index (χ2n) is 9.61. The Bertz CT molecular complexity index is 1410. The summed E-state index contributed by atoms with van der Waals surface area (Å²) in [5.74, 6) is 0.605. The molecule has 2 aromatic heterocycles. The van der Waals surface area contributed by atoms with E-state index in [2.05, 4.69) is 4.98 Å². The number of pyridine rings is 1. The van der Waals surface area contributed by atoms with Crippen molar-refractivity contribution in [2.24, 2.45) is 13.0 Å². The van der Waals surface area contributed by atoms with Gasteiger partial charge in [0.1, 0.15) is 5.52 Å². The molecule has 2 aliphatic rings. The van der Waals surface area contributed by atoms with Crippen molar-refractivity contribution in [1.82, 2.24) is 9.55 Å². The lowest BCUT2D eigenvalue weighted by Gasteiger charge is -2.24. The first-order valence-electron chi connectivity index (χ1n) is 11.5. The van der Waals surface area contributed by atoms with Crippen molar-refractivity contribution < 1.29 is 13.2 Å². The van der Waals surface area contributed by atoms with E-state index in [9.17, 15) is 18.0 Å². The third kappa shape index (κ3) is 4.12. The molecule has 7 nitrogen and oxygen atoms in total. The average molecular weight is 468 g/mol. The lowest BCUT2D eigenvalue weighted by atomic mass is 9.99. The van der Waals surface area contributed by atoms with Crippen molar-refractivity contribution >= 4 is 32.3 Å². The van der Waals surface area contributed by atoms with Crippen molar-refractivity contribution in [2.75, 3.05) is 11.2 Å². The van der Waals surface area contributed by atoms with Gasteiger partial charge >= 0.3 is 0 Å². The summed E-state index contributed by atoms with van der Waals surface area (Å²) in [6, 6.07) is 5.50. The van der Waals surface area contributed by atoms with Crippen LogP contribution in [0.25, 0.3) is 22.0 Å². The minimum absolute atomic E-state index is 0.0629. The summed E-state index contributed by atoms with van der Waals surface area (Å²) in [6.45, 7) is 0.377. The fraction of sp³-hybridized carbons (Fsp3) is 0.440. The zero-order chi connectivity index (χ0) is 23.3. The highest BCUT2D eigenvalue weighted by Gasteiger charge is 2.28. The van der Waals surface area contributed by atoms with Gasteiger partial charge in [0.2, 0.25) is 5.91 Å². The van der Waals surface area contributed by atoms with Crippen molar-refractivity contribution in [3.05, 3.63) is 52.1 Å². The zero-order valence-electron chi connectivity index (χ0n) is 19.1. The zero-order valence-corrected chi connectivity index (χ0v) is 19.9. The molecule has 0 saturated heterocycles. The van der Waals surface area contributed by atoms with Gasteiger partial charge in [-0.05, 0) is 35.6 Å². The van der Waals surface area contributed by atoms with Crippen LogP contribution in [0.2, 0.25) is 0 Å². The monoisotopic (exact) mass is 467 g/mol. The number of nitrogens with one attached hydrogen (secondary N) is 1. The van der Waals surface area contributed by atoms with Crippen LogP contribution in [0.4, 0.5) is 5.69 Å². The summed E-state index contributed by atoms with van der Waals surface area (Å²) in [4.78, 5) is 31.1. The normalized spacial score (nSPS) is 16.2. The Morgan fingerprint density at radius 2 is 1.94 bits per heavy atom. The lowest BCUT2D eigenvalue weighted by Crippen LogP contribution is -2.30. The maximum atomic E-state index is 13.5. The van der Waals surface area contributed by atoms with Gasteiger partial charge in [0.05, 0.1) is 18.0 Å². The molecule has 174 valence electrons. The van der Waals surface area contributed by atoms with E-state index >= 15 is 0 Å². The van der Waals surface area contributed by atoms with Crippen LogP contribution >= 0.6 is 0 Å². The third-order valence-corrected chi connectivity index (χ3v) is 7.89. The SMILES string of the molecule is Cn1cc2c3c(c[nH]c3c1=O)CN(C(=O)CCC1CCCC1)c1ccc(CS(C)(=O)=O)cc1-2. The van der Waals surface area contributed by atoms with Crippen molar-refractivity contribution in [3.63, 3.8) is 0 Å². The molecule has 3 aromatic rings. The predicted octanol–water partition coefficient (Wildman–Crippen LogP) is 3.90. The van der Waals surface area contributed by atoms with Gasteiger partial charge in [0, 0.05) is 48.6 Å². The number of carbonyl (C=O) groups excluding carboxylic acids is 1. The van der Waals surface area contributed by atoms with Crippen molar-refractivity contribution in [2.45, 2.75) is 50.8 Å². The molecule has 1 N–H and O–H groups in total. The van der Waals surface area contributed by atoms with Crippen LogP contribution in [0.15, 0.2) is 35.4 Å². The Hall–Kier alpha value is -2.87. The molecule has 3 heterocycles. The number of fused-ring (bicyclic) bond motifs is 2. The predicted molar refractivity (Wildman–Crippen MR) is 130 cm³/mol. The number of benzene rings is 1. The number of hydrogen-bond acceptors (Lipinski definition) is 4. The average Bonchev–Trinajstić information content (AvgIpc) is 3.40. The van der Waals surface area contributed by atoms with Crippen LogP contribution in [-0.2, 0) is 34.0 Å². The summed E-state index contributed by atoms with van der Waals surface area (Å²) >= 11 is 0. The Balaban J connectivity index is 1.63. The molecule has 1 aliphatic carbocycles. The molecule has 0 spiro atoms. The van der Waals surface area contributed by atoms with E-state index in [1.165, 1.54) is 36.5 Å². The van der Waals surface area contributed by atoms with Gasteiger partial charge in [0.25, 0.3) is 5.56 Å². The molecule has 1 saturated carbocycles. The summed E-state index contributed by atoms with van der Waals surface area (Å²) in [6.07, 6.45) is 11.1. The third-order valence-electron chi connectivity index (χ3n) is 7.03. The molecule has 1 aromatic carbocycles. The standard InChI is InChI=1S/C25H29N3O4S/c1-27-14-20-19-11-17(15-33(2,31)32)7-9-21(19)28(22(29)10-8-16-5-3-4-6-16)13-18-12-26-24(23(18)20)25(27)30/h7,9,11-12,14,16,26H,3-6,8,10,13,15H2,1-2H3. The van der Waals surface area contributed by atoms with Crippen molar-refractivity contribution in [3.8, 4) is 11.1 Å². The van der Waals surface area contributed by atoms with Crippen LogP contribution < -0.4 is 10.5 Å². The maximum Gasteiger partial charge on any atom is 0.274 e. The van der Waals surface area contributed by atoms with E-state index < -0.39 is 9.84 Å². The molecular weight excluding hydrogens is 438 g/mol. The second kappa shape index (κ2) is 8.17. The molecule has 1 amide bonds. The molecule has 0 atom stereocenters. The van der Waals surface area contributed by atoms with Gasteiger partial charge in [-0.2, -0.15) is 0 Å². The molecule has 0 radical (unpaired) electrons. The molecule has 1 fully saturated rings. The van der Waals surface area contributed by atoms with Gasteiger partial charge in [-0.15, -0.1) is 0 Å². The van der Waals surface area contributed by atoms with E-state index in [4.69, 9.17) is 0 Å². The first-order chi connectivity index (χ1) is 15.7. The molecular formula is C25H29N3O4S. The first kappa shape index (κ1) is 21.9. The smallest absolute Gasteiger partial charge is 0.274 e. The number of rotatable bonds is 5. The number of aryl methyl sites for hydroxylation is 1. The molecule has 8 heteroatoms. The van der Waals surface area contributed by atoms with E-state index in [1.807, 2.05) is 23.2 Å². The summed E-state index contributed by atoms with van der Waals surface area (Å²) in [5.41, 5.74) is 4.31. The van der Waals surface area contributed by atoms with Crippen LogP contribution in [0.1, 0.15) is 49.7 Å². The fourth-order valence-electron chi connectivity index (χ4n) is 5.43. The Morgan fingerprint density at radius 3 is 2.67 bits per heavy atom. The Morgan fingerprint density at radius 1 is 1.18 bits per heavy atom. The molecule has 5 rings (SSSR count). The topological polar surface area (TPSA) is 92.2 Å². The first-order valence-corrected chi connectivity index (χ1v) is 13.6. The summed E-state index contributed by atoms with van der Waals surface area (Å²) in [5, 5.41) is 0.807. The highest BCUT2D eigenvalue weighted by molar-refractivity contribution is 7.89. The molecule has 0 bridgehead atoms. The van der Waals surface area contributed by atoms with Crippen molar-refractivity contribution in [1.29, 1.82) is 0 Å².